The number of aliphatic hydroxyl groups excluding tert-OH is 1. The molecule has 2 atom stereocenters. The normalized spacial score (nSPS) is 23.6. The molecule has 1 aliphatic rings. The molecule has 19 heavy (non-hydrogen) atoms. The molecule has 1 amide bonds. The number of hydrogen-bond acceptors (Lipinski definition) is 2. The molecule has 0 aromatic heterocycles. The van der Waals surface area contributed by atoms with Gasteiger partial charge in [-0.1, -0.05) is 34.6 Å². The van der Waals surface area contributed by atoms with E-state index in [1.165, 1.54) is 0 Å². The zero-order valence-electron chi connectivity index (χ0n) is 13.3. The third-order valence-electron chi connectivity index (χ3n) is 4.66. The summed E-state index contributed by atoms with van der Waals surface area (Å²) in [6.07, 6.45) is 2.76. The lowest BCUT2D eigenvalue weighted by atomic mass is 9.77. The van der Waals surface area contributed by atoms with Crippen LogP contribution in [0.5, 0.6) is 0 Å². The highest BCUT2D eigenvalue weighted by Crippen LogP contribution is 2.34. The van der Waals surface area contributed by atoms with Crippen LogP contribution in [0.25, 0.3) is 0 Å². The van der Waals surface area contributed by atoms with Gasteiger partial charge in [-0.15, -0.1) is 0 Å². The highest BCUT2D eigenvalue weighted by atomic mass is 16.3. The van der Waals surface area contributed by atoms with Crippen LogP contribution in [0, 0.1) is 23.2 Å². The number of carbonyl (C=O) groups is 1. The van der Waals surface area contributed by atoms with Gasteiger partial charge in [-0.2, -0.15) is 0 Å². The summed E-state index contributed by atoms with van der Waals surface area (Å²) < 4.78 is 0. The fraction of sp³-hybridized carbons (Fsp3) is 0.938. The topological polar surface area (TPSA) is 40.5 Å². The van der Waals surface area contributed by atoms with Gasteiger partial charge in [0.1, 0.15) is 0 Å². The highest BCUT2D eigenvalue weighted by Gasteiger charge is 2.30. The van der Waals surface area contributed by atoms with E-state index in [-0.39, 0.29) is 23.8 Å². The zero-order valence-corrected chi connectivity index (χ0v) is 13.3. The Morgan fingerprint density at radius 2 is 1.95 bits per heavy atom. The molecule has 0 radical (unpaired) electrons. The van der Waals surface area contributed by atoms with E-state index in [0.29, 0.717) is 24.8 Å². The summed E-state index contributed by atoms with van der Waals surface area (Å²) in [7, 11) is 0. The molecule has 0 unspecified atom stereocenters. The first-order chi connectivity index (χ1) is 8.75. The number of nitrogens with zero attached hydrogens (tertiary/aromatic N) is 1. The number of likely N-dealkylation sites (tertiary alicyclic amines) is 1. The minimum absolute atomic E-state index is 0.171. The van der Waals surface area contributed by atoms with Gasteiger partial charge in [0, 0.05) is 32.0 Å². The van der Waals surface area contributed by atoms with Crippen LogP contribution in [0.3, 0.4) is 0 Å². The zero-order chi connectivity index (χ0) is 14.6. The first-order valence-electron chi connectivity index (χ1n) is 7.64. The van der Waals surface area contributed by atoms with E-state index in [9.17, 15) is 9.90 Å². The summed E-state index contributed by atoms with van der Waals surface area (Å²) in [5.41, 5.74) is 0.282. The van der Waals surface area contributed by atoms with Crippen LogP contribution in [0.15, 0.2) is 0 Å². The van der Waals surface area contributed by atoms with Crippen molar-refractivity contribution < 1.29 is 9.90 Å². The molecule has 1 saturated heterocycles. The second-order valence-electron chi connectivity index (χ2n) is 7.42. The summed E-state index contributed by atoms with van der Waals surface area (Å²) in [6, 6.07) is 0. The molecule has 0 saturated carbocycles. The standard InChI is InChI=1S/C16H31NO2/c1-12(2)13(11-18)10-17-9-8-14(16(3,4)5)6-7-15(17)19/h12-14,18H,6-11H2,1-5H3/t13-,14-/m1/s1. The Hall–Kier alpha value is -0.570. The molecule has 1 heterocycles. The maximum atomic E-state index is 12.2. The van der Waals surface area contributed by atoms with Crippen LogP contribution < -0.4 is 0 Å². The van der Waals surface area contributed by atoms with Gasteiger partial charge in [-0.3, -0.25) is 4.79 Å². The molecule has 0 bridgehead atoms. The molecule has 0 aromatic rings. The summed E-state index contributed by atoms with van der Waals surface area (Å²) in [5.74, 6) is 1.51. The third kappa shape index (κ3) is 4.79. The van der Waals surface area contributed by atoms with Gasteiger partial charge in [-0.25, -0.2) is 0 Å². The van der Waals surface area contributed by atoms with Crippen molar-refractivity contribution in [3.8, 4) is 0 Å². The van der Waals surface area contributed by atoms with Crippen molar-refractivity contribution in [2.45, 2.75) is 53.9 Å². The summed E-state index contributed by atoms with van der Waals surface area (Å²) >= 11 is 0. The number of hydrogen-bond donors (Lipinski definition) is 1. The van der Waals surface area contributed by atoms with Crippen LogP contribution >= 0.6 is 0 Å². The quantitative estimate of drug-likeness (QED) is 0.852. The van der Waals surface area contributed by atoms with Gasteiger partial charge in [0.25, 0.3) is 0 Å². The lowest BCUT2D eigenvalue weighted by Gasteiger charge is -2.30. The smallest absolute Gasteiger partial charge is 0.222 e. The second-order valence-corrected chi connectivity index (χ2v) is 7.42. The van der Waals surface area contributed by atoms with E-state index in [2.05, 4.69) is 34.6 Å². The fourth-order valence-electron chi connectivity index (χ4n) is 2.86. The van der Waals surface area contributed by atoms with E-state index in [1.807, 2.05) is 4.90 Å². The highest BCUT2D eigenvalue weighted by molar-refractivity contribution is 5.76. The Kier molecular flexibility index (Phi) is 5.84. The third-order valence-corrected chi connectivity index (χ3v) is 4.66. The maximum absolute atomic E-state index is 12.2. The molecule has 1 rings (SSSR count). The molecule has 1 N–H and O–H groups in total. The van der Waals surface area contributed by atoms with E-state index in [0.717, 1.165) is 19.4 Å². The van der Waals surface area contributed by atoms with Crippen LogP contribution in [-0.4, -0.2) is 35.6 Å². The molecular weight excluding hydrogens is 238 g/mol. The predicted octanol–water partition coefficient (Wildman–Crippen LogP) is 2.93. The lowest BCUT2D eigenvalue weighted by molar-refractivity contribution is -0.131. The number of aliphatic hydroxyl groups is 1. The average molecular weight is 269 g/mol. The monoisotopic (exact) mass is 269 g/mol. The minimum atomic E-state index is 0.171. The van der Waals surface area contributed by atoms with Gasteiger partial charge in [0.15, 0.2) is 0 Å². The Morgan fingerprint density at radius 3 is 2.42 bits per heavy atom. The van der Waals surface area contributed by atoms with E-state index >= 15 is 0 Å². The Balaban J connectivity index is 2.63. The Bertz CT molecular complexity index is 294. The second kappa shape index (κ2) is 6.74. The van der Waals surface area contributed by atoms with Gasteiger partial charge >= 0.3 is 0 Å². The van der Waals surface area contributed by atoms with Crippen molar-refractivity contribution in [3.63, 3.8) is 0 Å². The first-order valence-corrected chi connectivity index (χ1v) is 7.64. The van der Waals surface area contributed by atoms with Crippen molar-refractivity contribution in [2.75, 3.05) is 19.7 Å². The molecule has 112 valence electrons. The molecular formula is C16H31NO2. The van der Waals surface area contributed by atoms with Crippen molar-refractivity contribution >= 4 is 5.91 Å². The lowest BCUT2D eigenvalue weighted by Crippen LogP contribution is -2.37. The summed E-state index contributed by atoms with van der Waals surface area (Å²) in [5, 5.41) is 9.43. The van der Waals surface area contributed by atoms with Gasteiger partial charge in [0.2, 0.25) is 5.91 Å². The number of amides is 1. The van der Waals surface area contributed by atoms with Crippen molar-refractivity contribution in [1.82, 2.24) is 4.90 Å². The van der Waals surface area contributed by atoms with E-state index in [1.54, 1.807) is 0 Å². The van der Waals surface area contributed by atoms with Crippen LogP contribution in [0.4, 0.5) is 0 Å². The van der Waals surface area contributed by atoms with Crippen molar-refractivity contribution in [2.24, 2.45) is 23.2 Å². The molecule has 1 aliphatic heterocycles. The molecule has 0 aromatic carbocycles. The Labute approximate surface area is 118 Å². The maximum Gasteiger partial charge on any atom is 0.222 e. The fourth-order valence-corrected chi connectivity index (χ4v) is 2.86. The average Bonchev–Trinajstić information content (AvgIpc) is 2.47. The number of rotatable bonds is 4. The Morgan fingerprint density at radius 1 is 1.32 bits per heavy atom. The SMILES string of the molecule is CC(C)[C@@H](CO)CN1CC[C@H](C(C)(C)C)CCC1=O. The van der Waals surface area contributed by atoms with Gasteiger partial charge in [-0.05, 0) is 30.1 Å². The summed E-state index contributed by atoms with van der Waals surface area (Å²) in [4.78, 5) is 14.2. The molecule has 3 nitrogen and oxygen atoms in total. The van der Waals surface area contributed by atoms with Crippen LogP contribution in [0.2, 0.25) is 0 Å². The molecule has 0 aliphatic carbocycles. The molecule has 0 spiro atoms. The predicted molar refractivity (Wildman–Crippen MR) is 78.8 cm³/mol. The summed E-state index contributed by atoms with van der Waals surface area (Å²) in [6.45, 7) is 12.8. The van der Waals surface area contributed by atoms with Crippen LogP contribution in [0.1, 0.15) is 53.9 Å². The van der Waals surface area contributed by atoms with Crippen molar-refractivity contribution in [3.05, 3.63) is 0 Å². The minimum Gasteiger partial charge on any atom is -0.396 e. The largest absolute Gasteiger partial charge is 0.396 e. The van der Waals surface area contributed by atoms with E-state index in [4.69, 9.17) is 0 Å². The number of carbonyl (C=O) groups excluding carboxylic acids is 1. The van der Waals surface area contributed by atoms with Crippen molar-refractivity contribution in [1.29, 1.82) is 0 Å². The van der Waals surface area contributed by atoms with Gasteiger partial charge in [0.05, 0.1) is 0 Å². The first kappa shape index (κ1) is 16.5. The van der Waals surface area contributed by atoms with Gasteiger partial charge < -0.3 is 10.0 Å². The van der Waals surface area contributed by atoms with E-state index < -0.39 is 0 Å². The molecule has 3 heteroatoms. The van der Waals surface area contributed by atoms with Crippen LogP contribution in [-0.2, 0) is 4.79 Å². The molecule has 1 fully saturated rings.